The molecule has 0 radical (unpaired) electrons. The summed E-state index contributed by atoms with van der Waals surface area (Å²) >= 11 is 7.33. The lowest BCUT2D eigenvalue weighted by atomic mass is 10.1. The Labute approximate surface area is 184 Å². The number of hydrogen-bond acceptors (Lipinski definition) is 4. The Kier molecular flexibility index (Phi) is 5.66. The van der Waals surface area contributed by atoms with Crippen LogP contribution in [0.1, 0.15) is 16.7 Å². The number of halogens is 1. The Morgan fingerprint density at radius 3 is 2.27 bits per heavy atom. The number of rotatable bonds is 3. The summed E-state index contributed by atoms with van der Waals surface area (Å²) in [6.45, 7) is 4.01. The van der Waals surface area contributed by atoms with Gasteiger partial charge >= 0.3 is 0 Å². The highest BCUT2D eigenvalue weighted by Crippen LogP contribution is 2.38. The molecule has 3 aromatic carbocycles. The minimum Gasteiger partial charge on any atom is -0.507 e. The van der Waals surface area contributed by atoms with E-state index < -0.39 is 0 Å². The van der Waals surface area contributed by atoms with E-state index in [9.17, 15) is 9.90 Å². The molecule has 3 aromatic rings. The molecule has 4 nitrogen and oxygen atoms in total. The van der Waals surface area contributed by atoms with Gasteiger partial charge in [-0.1, -0.05) is 47.0 Å². The quantitative estimate of drug-likeness (QED) is 0.480. The molecule has 0 atom stereocenters. The number of phenolic OH excluding ortho intramolecular Hbond substituents is 1. The van der Waals surface area contributed by atoms with E-state index in [1.807, 2.05) is 62.4 Å². The van der Waals surface area contributed by atoms with Gasteiger partial charge in [0.2, 0.25) is 0 Å². The topological polar surface area (TPSA) is 52.9 Å². The fraction of sp³-hybridized carbons (Fsp3) is 0.0833. The normalized spacial score (nSPS) is 16.6. The summed E-state index contributed by atoms with van der Waals surface area (Å²) in [5.74, 6) is -0.139. The first-order valence-corrected chi connectivity index (χ1v) is 10.5. The molecule has 0 aromatic heterocycles. The van der Waals surface area contributed by atoms with Crippen LogP contribution in [-0.4, -0.2) is 16.2 Å². The highest BCUT2D eigenvalue weighted by atomic mass is 35.5. The monoisotopic (exact) mass is 434 g/mol. The van der Waals surface area contributed by atoms with Crippen LogP contribution in [0.5, 0.6) is 5.75 Å². The summed E-state index contributed by atoms with van der Waals surface area (Å²) in [7, 11) is 0. The van der Waals surface area contributed by atoms with Crippen molar-refractivity contribution in [1.82, 2.24) is 0 Å². The van der Waals surface area contributed by atoms with Crippen LogP contribution >= 0.6 is 23.4 Å². The predicted molar refractivity (Wildman–Crippen MR) is 126 cm³/mol. The lowest BCUT2D eigenvalue weighted by molar-refractivity contribution is -0.113. The number of nitrogens with zero attached hydrogens (tertiary/aromatic N) is 2. The molecule has 150 valence electrons. The number of aryl methyl sites for hydroxylation is 2. The standard InChI is InChI=1S/C24H19ClN2O2S/c1-15-3-8-19(9-4-15)26-24-27(20-10-5-16(2)6-11-20)23(29)22(30-24)14-17-13-18(25)7-12-21(17)28/h3-14,28H,1-2H3/b22-14-,26-24?. The Bertz CT molecular complexity index is 1170. The number of carbonyl (C=O) groups excluding carboxylic acids is 1. The maximum Gasteiger partial charge on any atom is 0.271 e. The van der Waals surface area contributed by atoms with Crippen LogP contribution in [0.2, 0.25) is 5.02 Å². The summed E-state index contributed by atoms with van der Waals surface area (Å²) in [5, 5.41) is 11.2. The van der Waals surface area contributed by atoms with Gasteiger partial charge in [-0.3, -0.25) is 9.69 Å². The molecule has 30 heavy (non-hydrogen) atoms. The van der Waals surface area contributed by atoms with E-state index in [2.05, 4.69) is 0 Å². The van der Waals surface area contributed by atoms with Crippen LogP contribution in [0.25, 0.3) is 6.08 Å². The third-order valence-corrected chi connectivity index (χ3v) is 5.84. The summed E-state index contributed by atoms with van der Waals surface area (Å²) in [4.78, 5) is 20.1. The lowest BCUT2D eigenvalue weighted by Crippen LogP contribution is -2.28. The second kappa shape index (κ2) is 8.38. The zero-order valence-electron chi connectivity index (χ0n) is 16.5. The summed E-state index contributed by atoms with van der Waals surface area (Å²) in [5.41, 5.74) is 4.23. The first kappa shape index (κ1) is 20.3. The fourth-order valence-corrected chi connectivity index (χ4v) is 4.15. The smallest absolute Gasteiger partial charge is 0.271 e. The van der Waals surface area contributed by atoms with Crippen molar-refractivity contribution in [1.29, 1.82) is 0 Å². The number of aromatic hydroxyl groups is 1. The van der Waals surface area contributed by atoms with Crippen LogP contribution in [0.4, 0.5) is 11.4 Å². The SMILES string of the molecule is Cc1ccc(N=C2S/C(=C\c3cc(Cl)ccc3O)C(=O)N2c2ccc(C)cc2)cc1. The Balaban J connectivity index is 1.79. The zero-order valence-corrected chi connectivity index (χ0v) is 18.0. The van der Waals surface area contributed by atoms with Crippen molar-refractivity contribution in [3.05, 3.63) is 93.3 Å². The van der Waals surface area contributed by atoms with Crippen LogP contribution in [0, 0.1) is 13.8 Å². The second-order valence-electron chi connectivity index (χ2n) is 7.02. The third kappa shape index (κ3) is 4.27. The number of benzene rings is 3. The molecule has 1 saturated heterocycles. The molecule has 4 rings (SSSR count). The van der Waals surface area contributed by atoms with Crippen molar-refractivity contribution >= 4 is 51.9 Å². The molecule has 1 heterocycles. The number of phenols is 1. The van der Waals surface area contributed by atoms with Gasteiger partial charge in [-0.2, -0.15) is 0 Å². The molecule has 0 aliphatic carbocycles. The summed E-state index contributed by atoms with van der Waals surface area (Å²) in [6, 6.07) is 20.3. The van der Waals surface area contributed by atoms with Crippen LogP contribution in [0.3, 0.4) is 0 Å². The number of amidine groups is 1. The minimum absolute atomic E-state index is 0.0612. The van der Waals surface area contributed by atoms with Gasteiger partial charge in [0, 0.05) is 10.6 Å². The molecular weight excluding hydrogens is 416 g/mol. The molecule has 1 aliphatic heterocycles. The molecule has 1 aliphatic rings. The predicted octanol–water partition coefficient (Wildman–Crippen LogP) is 6.47. The maximum absolute atomic E-state index is 13.3. The number of carbonyl (C=O) groups is 1. The van der Waals surface area contributed by atoms with E-state index in [0.29, 0.717) is 20.7 Å². The van der Waals surface area contributed by atoms with E-state index in [-0.39, 0.29) is 11.7 Å². The van der Waals surface area contributed by atoms with Gasteiger partial charge < -0.3 is 5.11 Å². The van der Waals surface area contributed by atoms with Gasteiger partial charge in [-0.15, -0.1) is 0 Å². The van der Waals surface area contributed by atoms with E-state index >= 15 is 0 Å². The number of hydrogen-bond donors (Lipinski definition) is 1. The molecule has 1 N–H and O–H groups in total. The molecule has 0 bridgehead atoms. The second-order valence-corrected chi connectivity index (χ2v) is 8.47. The van der Waals surface area contributed by atoms with Gasteiger partial charge in [0.15, 0.2) is 5.17 Å². The number of anilines is 1. The van der Waals surface area contributed by atoms with E-state index in [0.717, 1.165) is 22.5 Å². The van der Waals surface area contributed by atoms with Gasteiger partial charge in [0.25, 0.3) is 5.91 Å². The zero-order chi connectivity index (χ0) is 21.3. The van der Waals surface area contributed by atoms with Crippen LogP contribution in [0.15, 0.2) is 76.6 Å². The Hall–Kier alpha value is -3.02. The fourth-order valence-electron chi connectivity index (χ4n) is 2.98. The van der Waals surface area contributed by atoms with Crippen molar-refractivity contribution in [3.63, 3.8) is 0 Å². The summed E-state index contributed by atoms with van der Waals surface area (Å²) < 4.78 is 0. The maximum atomic E-state index is 13.3. The lowest BCUT2D eigenvalue weighted by Gasteiger charge is -2.16. The summed E-state index contributed by atoms with van der Waals surface area (Å²) in [6.07, 6.45) is 1.65. The van der Waals surface area contributed by atoms with Crippen molar-refractivity contribution < 1.29 is 9.90 Å². The third-order valence-electron chi connectivity index (χ3n) is 4.63. The molecular formula is C24H19ClN2O2S. The van der Waals surface area contributed by atoms with E-state index in [1.54, 1.807) is 23.1 Å². The highest BCUT2D eigenvalue weighted by molar-refractivity contribution is 8.19. The molecule has 0 saturated carbocycles. The molecule has 0 spiro atoms. The average molecular weight is 435 g/mol. The molecule has 1 fully saturated rings. The Morgan fingerprint density at radius 2 is 1.60 bits per heavy atom. The number of thioether (sulfide) groups is 1. The van der Waals surface area contributed by atoms with Gasteiger partial charge in [-0.05, 0) is 74.1 Å². The van der Waals surface area contributed by atoms with Crippen molar-refractivity contribution in [2.45, 2.75) is 13.8 Å². The number of amides is 1. The molecule has 6 heteroatoms. The van der Waals surface area contributed by atoms with Crippen LogP contribution < -0.4 is 4.90 Å². The van der Waals surface area contributed by atoms with Crippen molar-refractivity contribution in [2.24, 2.45) is 4.99 Å². The van der Waals surface area contributed by atoms with Gasteiger partial charge in [-0.25, -0.2) is 4.99 Å². The van der Waals surface area contributed by atoms with Crippen LogP contribution in [-0.2, 0) is 4.79 Å². The van der Waals surface area contributed by atoms with Gasteiger partial charge in [0.1, 0.15) is 5.75 Å². The van der Waals surface area contributed by atoms with E-state index in [4.69, 9.17) is 16.6 Å². The molecule has 1 amide bonds. The number of aliphatic imine (C=N–C) groups is 1. The van der Waals surface area contributed by atoms with Gasteiger partial charge in [0.05, 0.1) is 16.3 Å². The largest absolute Gasteiger partial charge is 0.507 e. The Morgan fingerprint density at radius 1 is 0.967 bits per heavy atom. The van der Waals surface area contributed by atoms with E-state index in [1.165, 1.54) is 17.8 Å². The minimum atomic E-state index is -0.200. The molecule has 0 unspecified atom stereocenters. The van der Waals surface area contributed by atoms with Crippen molar-refractivity contribution in [3.8, 4) is 5.75 Å². The average Bonchev–Trinajstić information content (AvgIpc) is 3.02. The highest BCUT2D eigenvalue weighted by Gasteiger charge is 2.35. The first-order chi connectivity index (χ1) is 14.4. The van der Waals surface area contributed by atoms with Crippen molar-refractivity contribution in [2.75, 3.05) is 4.90 Å². The first-order valence-electron chi connectivity index (χ1n) is 9.35.